The van der Waals surface area contributed by atoms with Gasteiger partial charge >= 0.3 is 5.97 Å². The summed E-state index contributed by atoms with van der Waals surface area (Å²) in [6.45, 7) is 0. The molecule has 4 heteroatoms. The van der Waals surface area contributed by atoms with Gasteiger partial charge in [0.1, 0.15) is 5.75 Å². The second-order valence-corrected chi connectivity index (χ2v) is 4.99. The molecule has 0 aliphatic heterocycles. The summed E-state index contributed by atoms with van der Waals surface area (Å²) in [6.07, 6.45) is 5.32. The van der Waals surface area contributed by atoms with Crippen molar-refractivity contribution in [3.8, 4) is 5.75 Å². The number of ether oxygens (including phenoxy) is 1. The molecule has 1 unspecified atom stereocenters. The summed E-state index contributed by atoms with van der Waals surface area (Å²) in [6, 6.07) is 11.4. The molecule has 4 nitrogen and oxygen atoms in total. The first kappa shape index (κ1) is 15.0. The summed E-state index contributed by atoms with van der Waals surface area (Å²) in [4.78, 5) is 15.5. The lowest BCUT2D eigenvalue weighted by Gasteiger charge is -2.13. The fourth-order valence-corrected chi connectivity index (χ4v) is 2.28. The Balaban J connectivity index is 2.00. The van der Waals surface area contributed by atoms with Gasteiger partial charge < -0.3 is 9.84 Å². The van der Waals surface area contributed by atoms with Crippen molar-refractivity contribution in [2.24, 2.45) is 5.92 Å². The van der Waals surface area contributed by atoms with Crippen LogP contribution in [0.4, 0.5) is 0 Å². The highest BCUT2D eigenvalue weighted by Crippen LogP contribution is 2.19. The summed E-state index contributed by atoms with van der Waals surface area (Å²) in [5.74, 6) is -0.414. The Labute approximate surface area is 124 Å². The molecule has 0 bridgehead atoms. The van der Waals surface area contributed by atoms with E-state index in [1.54, 1.807) is 19.5 Å². The smallest absolute Gasteiger partial charge is 0.306 e. The molecule has 21 heavy (non-hydrogen) atoms. The van der Waals surface area contributed by atoms with Crippen LogP contribution in [0.3, 0.4) is 0 Å². The summed E-state index contributed by atoms with van der Waals surface area (Å²) < 4.78 is 5.17. The van der Waals surface area contributed by atoms with Crippen molar-refractivity contribution in [1.82, 2.24) is 4.98 Å². The largest absolute Gasteiger partial charge is 0.497 e. The Morgan fingerprint density at radius 2 is 2.10 bits per heavy atom. The van der Waals surface area contributed by atoms with Crippen molar-refractivity contribution in [2.75, 3.05) is 7.11 Å². The van der Waals surface area contributed by atoms with Crippen LogP contribution in [0, 0.1) is 5.92 Å². The summed E-state index contributed by atoms with van der Waals surface area (Å²) in [5.41, 5.74) is 2.04. The first-order valence-electron chi connectivity index (χ1n) is 6.93. The Morgan fingerprint density at radius 1 is 1.29 bits per heavy atom. The van der Waals surface area contributed by atoms with Crippen LogP contribution < -0.4 is 4.74 Å². The fourth-order valence-electron chi connectivity index (χ4n) is 2.28. The second-order valence-electron chi connectivity index (χ2n) is 4.99. The van der Waals surface area contributed by atoms with E-state index < -0.39 is 11.9 Å². The predicted octanol–water partition coefficient (Wildman–Crippen LogP) is 2.97. The molecule has 0 aliphatic carbocycles. The highest BCUT2D eigenvalue weighted by atomic mass is 16.5. The Hall–Kier alpha value is -2.36. The number of pyridine rings is 1. The molecule has 2 aromatic rings. The molecule has 1 N–H and O–H groups in total. The molecule has 0 aliphatic rings. The maximum atomic E-state index is 11.4. The number of aromatic nitrogens is 1. The van der Waals surface area contributed by atoms with Gasteiger partial charge in [0.05, 0.1) is 13.0 Å². The van der Waals surface area contributed by atoms with E-state index in [-0.39, 0.29) is 0 Å². The van der Waals surface area contributed by atoms with Crippen LogP contribution in [-0.4, -0.2) is 23.2 Å². The quantitative estimate of drug-likeness (QED) is 0.849. The van der Waals surface area contributed by atoms with Crippen molar-refractivity contribution >= 4 is 5.97 Å². The fraction of sp³-hybridized carbons (Fsp3) is 0.294. The molecule has 1 atom stereocenters. The summed E-state index contributed by atoms with van der Waals surface area (Å²) in [5, 5.41) is 9.39. The van der Waals surface area contributed by atoms with E-state index in [1.807, 2.05) is 36.4 Å². The first-order chi connectivity index (χ1) is 10.2. The average molecular weight is 285 g/mol. The molecule has 2 rings (SSSR count). The third-order valence-electron chi connectivity index (χ3n) is 3.47. The van der Waals surface area contributed by atoms with Gasteiger partial charge in [0.2, 0.25) is 0 Å². The van der Waals surface area contributed by atoms with Crippen LogP contribution in [0.5, 0.6) is 5.75 Å². The molecule has 1 aromatic heterocycles. The van der Waals surface area contributed by atoms with Gasteiger partial charge in [-0.2, -0.15) is 0 Å². The van der Waals surface area contributed by atoms with Gasteiger partial charge in [-0.15, -0.1) is 0 Å². The normalized spacial score (nSPS) is 11.9. The van der Waals surface area contributed by atoms with Crippen molar-refractivity contribution in [3.63, 3.8) is 0 Å². The van der Waals surface area contributed by atoms with E-state index >= 15 is 0 Å². The molecule has 0 spiro atoms. The minimum Gasteiger partial charge on any atom is -0.497 e. The monoisotopic (exact) mass is 285 g/mol. The Kier molecular flexibility index (Phi) is 5.32. The molecular weight excluding hydrogens is 266 g/mol. The van der Waals surface area contributed by atoms with Crippen LogP contribution in [0.25, 0.3) is 0 Å². The highest BCUT2D eigenvalue weighted by molar-refractivity contribution is 5.70. The maximum Gasteiger partial charge on any atom is 0.306 e. The predicted molar refractivity (Wildman–Crippen MR) is 80.4 cm³/mol. The van der Waals surface area contributed by atoms with Gasteiger partial charge in [-0.25, -0.2) is 0 Å². The number of aliphatic carboxylic acids is 1. The third kappa shape index (κ3) is 4.60. The number of carbonyl (C=O) groups is 1. The topological polar surface area (TPSA) is 59.4 Å². The number of carboxylic acids is 1. The van der Waals surface area contributed by atoms with Gasteiger partial charge in [-0.3, -0.25) is 9.78 Å². The van der Waals surface area contributed by atoms with Crippen LogP contribution in [0.1, 0.15) is 17.5 Å². The zero-order chi connectivity index (χ0) is 15.1. The molecule has 1 aromatic carbocycles. The van der Waals surface area contributed by atoms with E-state index in [0.717, 1.165) is 23.3 Å². The zero-order valence-corrected chi connectivity index (χ0v) is 12.0. The maximum absolute atomic E-state index is 11.4. The van der Waals surface area contributed by atoms with Gasteiger partial charge in [-0.05, 0) is 48.6 Å². The minimum atomic E-state index is -0.762. The second kappa shape index (κ2) is 7.43. The molecule has 0 saturated heterocycles. The van der Waals surface area contributed by atoms with E-state index in [0.29, 0.717) is 12.8 Å². The number of benzene rings is 1. The molecule has 1 heterocycles. The molecule has 110 valence electrons. The Bertz CT molecular complexity index is 584. The molecule has 0 fully saturated rings. The van der Waals surface area contributed by atoms with Gasteiger partial charge in [-0.1, -0.05) is 18.2 Å². The number of nitrogens with zero attached hydrogens (tertiary/aromatic N) is 1. The zero-order valence-electron chi connectivity index (χ0n) is 12.0. The third-order valence-corrected chi connectivity index (χ3v) is 3.47. The van der Waals surface area contributed by atoms with E-state index in [9.17, 15) is 9.90 Å². The number of hydrogen-bond donors (Lipinski definition) is 1. The number of rotatable bonds is 7. The van der Waals surface area contributed by atoms with Crippen molar-refractivity contribution in [2.45, 2.75) is 19.3 Å². The first-order valence-corrected chi connectivity index (χ1v) is 6.93. The SMILES string of the molecule is COc1cccc(CC(CCc2cccnc2)C(=O)O)c1. The van der Waals surface area contributed by atoms with Crippen molar-refractivity contribution in [3.05, 3.63) is 59.9 Å². The average Bonchev–Trinajstić information content (AvgIpc) is 2.52. The highest BCUT2D eigenvalue weighted by Gasteiger charge is 2.18. The number of carboxylic acid groups (broad SMARTS) is 1. The van der Waals surface area contributed by atoms with Gasteiger partial charge in [0, 0.05) is 12.4 Å². The molecule has 0 saturated carbocycles. The molecular formula is C17H19NO3. The van der Waals surface area contributed by atoms with Crippen LogP contribution in [0.15, 0.2) is 48.8 Å². The van der Waals surface area contributed by atoms with Crippen molar-refractivity contribution in [1.29, 1.82) is 0 Å². The van der Waals surface area contributed by atoms with E-state index in [4.69, 9.17) is 4.74 Å². The standard InChI is InChI=1S/C17H19NO3/c1-21-16-6-2-4-14(11-16)10-15(17(19)20)8-7-13-5-3-9-18-12-13/h2-6,9,11-12,15H,7-8,10H2,1H3,(H,19,20). The van der Waals surface area contributed by atoms with E-state index in [1.165, 1.54) is 0 Å². The lowest BCUT2D eigenvalue weighted by molar-refractivity contribution is -0.141. The number of hydrogen-bond acceptors (Lipinski definition) is 3. The number of aryl methyl sites for hydroxylation is 1. The van der Waals surface area contributed by atoms with Gasteiger partial charge in [0.15, 0.2) is 0 Å². The molecule has 0 amide bonds. The van der Waals surface area contributed by atoms with Crippen LogP contribution in [-0.2, 0) is 17.6 Å². The lowest BCUT2D eigenvalue weighted by atomic mass is 9.93. The minimum absolute atomic E-state index is 0.405. The van der Waals surface area contributed by atoms with Crippen LogP contribution >= 0.6 is 0 Å². The van der Waals surface area contributed by atoms with Gasteiger partial charge in [0.25, 0.3) is 0 Å². The van der Waals surface area contributed by atoms with Crippen LogP contribution in [0.2, 0.25) is 0 Å². The Morgan fingerprint density at radius 3 is 2.76 bits per heavy atom. The van der Waals surface area contributed by atoms with Crippen molar-refractivity contribution < 1.29 is 14.6 Å². The number of methoxy groups -OCH3 is 1. The summed E-state index contributed by atoms with van der Waals surface area (Å²) in [7, 11) is 1.61. The summed E-state index contributed by atoms with van der Waals surface area (Å²) >= 11 is 0. The lowest BCUT2D eigenvalue weighted by Crippen LogP contribution is -2.17. The van der Waals surface area contributed by atoms with E-state index in [2.05, 4.69) is 4.98 Å². The molecule has 0 radical (unpaired) electrons.